The number of aromatic hydroxyl groups is 1. The molecule has 0 aliphatic heterocycles. The molecule has 1 aromatic carbocycles. The van der Waals surface area contributed by atoms with Gasteiger partial charge in [0.25, 0.3) is 0 Å². The molecule has 0 bridgehead atoms. The lowest BCUT2D eigenvalue weighted by Crippen LogP contribution is -3.00. The zero-order valence-electron chi connectivity index (χ0n) is 10.3. The summed E-state index contributed by atoms with van der Waals surface area (Å²) in [6, 6.07) is 9.57. The van der Waals surface area contributed by atoms with Crippen molar-refractivity contribution >= 4 is 23.0 Å². The minimum absolute atomic E-state index is 0. The maximum absolute atomic E-state index is 9.10. The molecule has 0 atom stereocenters. The van der Waals surface area contributed by atoms with Crippen LogP contribution in [0.1, 0.15) is 1.43 Å². The first kappa shape index (κ1) is 13.7. The van der Waals surface area contributed by atoms with E-state index in [4.69, 9.17) is 16.6 Å². The van der Waals surface area contributed by atoms with Gasteiger partial charge in [-0.15, -0.1) is 5.11 Å². The average Bonchev–Trinajstić information content (AvgIpc) is 2.30. The predicted molar refractivity (Wildman–Crippen MR) is 66.5 cm³/mol. The van der Waals surface area contributed by atoms with Crippen LogP contribution in [0.2, 0.25) is 0 Å². The Morgan fingerprint density at radius 2 is 1.67 bits per heavy atom. The Morgan fingerprint density at radius 1 is 1.00 bits per heavy atom. The lowest BCUT2D eigenvalue weighted by molar-refractivity contribution is -0.00000471. The third-order valence-corrected chi connectivity index (χ3v) is 2.05. The SMILES string of the molecule is Nc1ccc(/N=N/c2ccc(O)cc2)c(N)n1.[Cl-].[H+]. The number of aromatic nitrogens is 1. The number of phenolic OH excluding ortho intramolecular Hbond substituents is 1. The quantitative estimate of drug-likeness (QED) is 0.635. The summed E-state index contributed by atoms with van der Waals surface area (Å²) in [7, 11) is 0. The second-order valence-corrected chi connectivity index (χ2v) is 3.36. The minimum Gasteiger partial charge on any atom is -1.00 e. The maximum Gasteiger partial charge on any atom is 1.00 e. The highest BCUT2D eigenvalue weighted by molar-refractivity contribution is 5.60. The molecule has 2 rings (SSSR count). The minimum atomic E-state index is 0. The van der Waals surface area contributed by atoms with Crippen LogP contribution in [0.25, 0.3) is 0 Å². The van der Waals surface area contributed by atoms with Gasteiger partial charge in [-0.05, 0) is 36.4 Å². The fourth-order valence-corrected chi connectivity index (χ4v) is 1.20. The number of rotatable bonds is 2. The molecule has 0 spiro atoms. The van der Waals surface area contributed by atoms with Crippen molar-refractivity contribution in [3.63, 3.8) is 0 Å². The highest BCUT2D eigenvalue weighted by atomic mass is 35.5. The molecule has 0 radical (unpaired) electrons. The average molecular weight is 266 g/mol. The van der Waals surface area contributed by atoms with Gasteiger partial charge in [-0.2, -0.15) is 5.11 Å². The van der Waals surface area contributed by atoms with Crippen molar-refractivity contribution in [2.24, 2.45) is 10.2 Å². The number of nitrogens with two attached hydrogens (primary N) is 2. The van der Waals surface area contributed by atoms with Crippen molar-refractivity contribution in [3.8, 4) is 5.75 Å². The van der Waals surface area contributed by atoms with Gasteiger partial charge < -0.3 is 29.0 Å². The van der Waals surface area contributed by atoms with E-state index in [-0.39, 0.29) is 25.4 Å². The van der Waals surface area contributed by atoms with Crippen LogP contribution in [0.3, 0.4) is 0 Å². The first-order valence-corrected chi connectivity index (χ1v) is 4.88. The van der Waals surface area contributed by atoms with E-state index in [1.165, 1.54) is 12.1 Å². The monoisotopic (exact) mass is 265 g/mol. The third kappa shape index (κ3) is 3.33. The zero-order valence-corrected chi connectivity index (χ0v) is 10.0. The molecule has 2 aromatic rings. The van der Waals surface area contributed by atoms with E-state index >= 15 is 0 Å². The van der Waals surface area contributed by atoms with Crippen molar-refractivity contribution in [2.75, 3.05) is 11.5 Å². The van der Waals surface area contributed by atoms with E-state index in [1.807, 2.05) is 0 Å². The van der Waals surface area contributed by atoms with E-state index in [0.29, 0.717) is 17.2 Å². The maximum atomic E-state index is 9.10. The van der Waals surface area contributed by atoms with Gasteiger partial charge in [0.05, 0.1) is 5.69 Å². The van der Waals surface area contributed by atoms with Gasteiger partial charge in [-0.25, -0.2) is 4.98 Å². The van der Waals surface area contributed by atoms with Gasteiger partial charge in [0.2, 0.25) is 0 Å². The highest BCUT2D eigenvalue weighted by Crippen LogP contribution is 2.24. The number of nitrogen functional groups attached to an aromatic ring is 2. The molecule has 0 amide bonds. The number of anilines is 2. The number of hydrogen-bond acceptors (Lipinski definition) is 6. The normalized spacial score (nSPS) is 10.2. The van der Waals surface area contributed by atoms with Gasteiger partial charge in [0.1, 0.15) is 17.3 Å². The van der Waals surface area contributed by atoms with Crippen LogP contribution in [-0.2, 0) is 0 Å². The van der Waals surface area contributed by atoms with Gasteiger partial charge in [0.15, 0.2) is 5.82 Å². The largest absolute Gasteiger partial charge is 1.00 e. The molecule has 1 aromatic heterocycles. The molecular formula is C11H12ClN5O. The van der Waals surface area contributed by atoms with Gasteiger partial charge >= 0.3 is 1.43 Å². The van der Waals surface area contributed by atoms with E-state index in [2.05, 4.69) is 15.2 Å². The second-order valence-electron chi connectivity index (χ2n) is 3.36. The van der Waals surface area contributed by atoms with Crippen molar-refractivity contribution < 1.29 is 18.9 Å². The molecule has 7 heteroatoms. The van der Waals surface area contributed by atoms with Crippen LogP contribution in [0.5, 0.6) is 5.75 Å². The van der Waals surface area contributed by atoms with Gasteiger partial charge in [-0.1, -0.05) is 0 Å². The standard InChI is InChI=1S/C11H11N5O.ClH/c12-10-6-5-9(11(13)14-10)16-15-7-1-3-8(17)4-2-7;/h1-6,17H,(H4,12,13,14);1H/b16-15+;. The van der Waals surface area contributed by atoms with Crippen molar-refractivity contribution in [3.05, 3.63) is 36.4 Å². The zero-order chi connectivity index (χ0) is 12.3. The summed E-state index contributed by atoms with van der Waals surface area (Å²) in [5.41, 5.74) is 12.1. The summed E-state index contributed by atoms with van der Waals surface area (Å²) in [4.78, 5) is 3.86. The smallest absolute Gasteiger partial charge is 1.00 e. The van der Waals surface area contributed by atoms with Crippen molar-refractivity contribution in [1.82, 2.24) is 4.98 Å². The molecule has 5 N–H and O–H groups in total. The summed E-state index contributed by atoms with van der Waals surface area (Å²) in [5.74, 6) is 0.747. The fourth-order valence-electron chi connectivity index (χ4n) is 1.20. The fraction of sp³-hybridized carbons (Fsp3) is 0. The van der Waals surface area contributed by atoms with Crippen LogP contribution in [0, 0.1) is 0 Å². The summed E-state index contributed by atoms with van der Waals surface area (Å²) in [6.45, 7) is 0. The summed E-state index contributed by atoms with van der Waals surface area (Å²) >= 11 is 0. The van der Waals surface area contributed by atoms with Crippen LogP contribution in [0.4, 0.5) is 23.0 Å². The molecule has 0 aliphatic carbocycles. The predicted octanol–water partition coefficient (Wildman–Crippen LogP) is -0.517. The van der Waals surface area contributed by atoms with Crippen molar-refractivity contribution in [2.45, 2.75) is 0 Å². The Kier molecular flexibility index (Phi) is 4.45. The van der Waals surface area contributed by atoms with Crippen LogP contribution < -0.4 is 23.9 Å². The number of hydrogen-bond donors (Lipinski definition) is 3. The van der Waals surface area contributed by atoms with E-state index in [1.54, 1.807) is 24.3 Å². The third-order valence-electron chi connectivity index (χ3n) is 2.05. The van der Waals surface area contributed by atoms with Gasteiger partial charge in [0, 0.05) is 0 Å². The lowest BCUT2D eigenvalue weighted by atomic mass is 10.3. The van der Waals surface area contributed by atoms with E-state index in [0.717, 1.165) is 0 Å². The first-order chi connectivity index (χ1) is 8.15. The number of halogens is 1. The van der Waals surface area contributed by atoms with Crippen LogP contribution >= 0.6 is 0 Å². The Labute approximate surface area is 111 Å². The molecule has 6 nitrogen and oxygen atoms in total. The van der Waals surface area contributed by atoms with Crippen molar-refractivity contribution in [1.29, 1.82) is 0 Å². The molecule has 0 aliphatic rings. The highest BCUT2D eigenvalue weighted by Gasteiger charge is 1.99. The Balaban J connectivity index is 0.00000162. The number of azo groups is 1. The summed E-state index contributed by atoms with van der Waals surface area (Å²) in [5, 5.41) is 17.0. The Morgan fingerprint density at radius 3 is 2.28 bits per heavy atom. The number of pyridine rings is 1. The molecule has 0 saturated carbocycles. The molecule has 1 heterocycles. The topological polar surface area (TPSA) is 110 Å². The van der Waals surface area contributed by atoms with Crippen LogP contribution in [0.15, 0.2) is 46.6 Å². The first-order valence-electron chi connectivity index (χ1n) is 4.88. The van der Waals surface area contributed by atoms with E-state index in [9.17, 15) is 0 Å². The molecule has 0 saturated heterocycles. The lowest BCUT2D eigenvalue weighted by Gasteiger charge is -1.98. The second kappa shape index (κ2) is 5.83. The van der Waals surface area contributed by atoms with Crippen LogP contribution in [-0.4, -0.2) is 10.1 Å². The molecule has 18 heavy (non-hydrogen) atoms. The summed E-state index contributed by atoms with van der Waals surface area (Å²) < 4.78 is 0. The number of phenols is 1. The molecule has 0 fully saturated rings. The Hall–Kier alpha value is -2.34. The summed E-state index contributed by atoms with van der Waals surface area (Å²) in [6.07, 6.45) is 0. The Bertz CT molecular complexity index is 562. The van der Waals surface area contributed by atoms with E-state index < -0.39 is 0 Å². The molecule has 94 valence electrons. The molecule has 0 unspecified atom stereocenters. The van der Waals surface area contributed by atoms with Gasteiger partial charge in [-0.3, -0.25) is 0 Å². The number of nitrogens with zero attached hydrogens (tertiary/aromatic N) is 3. The molecular weight excluding hydrogens is 254 g/mol. The number of benzene rings is 1.